The quantitative estimate of drug-likeness (QED) is 0.429. The number of guanidine groups is 1. The number of nitrogens with zero attached hydrogens (tertiary/aromatic N) is 2. The van der Waals surface area contributed by atoms with Gasteiger partial charge in [-0.1, -0.05) is 38.1 Å². The molecule has 23 heavy (non-hydrogen) atoms. The van der Waals surface area contributed by atoms with Gasteiger partial charge in [0.05, 0.1) is 0 Å². The summed E-state index contributed by atoms with van der Waals surface area (Å²) in [4.78, 5) is 6.84. The predicted molar refractivity (Wildman–Crippen MR) is 110 cm³/mol. The highest BCUT2D eigenvalue weighted by Gasteiger charge is 2.20. The van der Waals surface area contributed by atoms with Gasteiger partial charge in [-0.05, 0) is 30.4 Å². The molecule has 1 aromatic carbocycles. The van der Waals surface area contributed by atoms with Crippen LogP contribution in [0, 0.1) is 5.92 Å². The van der Waals surface area contributed by atoms with Crippen LogP contribution in [0.5, 0.6) is 0 Å². The molecule has 0 aromatic heterocycles. The molecule has 1 aromatic rings. The largest absolute Gasteiger partial charge is 0.356 e. The minimum absolute atomic E-state index is 0. The highest BCUT2D eigenvalue weighted by atomic mass is 127. The Morgan fingerprint density at radius 2 is 1.78 bits per heavy atom. The van der Waals surface area contributed by atoms with Crippen molar-refractivity contribution in [2.24, 2.45) is 10.9 Å². The second-order valence-electron chi connectivity index (χ2n) is 6.57. The van der Waals surface area contributed by atoms with E-state index in [-0.39, 0.29) is 24.0 Å². The Labute approximate surface area is 158 Å². The summed E-state index contributed by atoms with van der Waals surface area (Å²) in [6.45, 7) is 10.7. The van der Waals surface area contributed by atoms with Crippen molar-refractivity contribution in [2.75, 3.05) is 26.7 Å². The van der Waals surface area contributed by atoms with Gasteiger partial charge >= 0.3 is 0 Å². The molecular weight excluding hydrogens is 399 g/mol. The smallest absolute Gasteiger partial charge is 0.191 e. The zero-order chi connectivity index (χ0) is 15.9. The Kier molecular flexibility index (Phi) is 8.91. The van der Waals surface area contributed by atoms with Crippen LogP contribution in [0.2, 0.25) is 0 Å². The lowest BCUT2D eigenvalue weighted by atomic mass is 9.99. The number of nitrogens with one attached hydrogen (secondary N) is 2. The van der Waals surface area contributed by atoms with E-state index in [2.05, 4.69) is 65.6 Å². The fraction of sp³-hybridized carbons (Fsp3) is 0.611. The highest BCUT2D eigenvalue weighted by Crippen LogP contribution is 2.19. The number of hydrogen-bond donors (Lipinski definition) is 2. The summed E-state index contributed by atoms with van der Waals surface area (Å²) in [7, 11) is 1.83. The Bertz CT molecular complexity index is 502. The average molecular weight is 430 g/mol. The van der Waals surface area contributed by atoms with Crippen molar-refractivity contribution in [2.45, 2.75) is 39.8 Å². The van der Waals surface area contributed by atoms with E-state index in [4.69, 9.17) is 0 Å². The molecule has 5 heteroatoms. The molecule has 1 unspecified atom stereocenters. The van der Waals surface area contributed by atoms with Crippen molar-refractivity contribution in [3.8, 4) is 0 Å². The van der Waals surface area contributed by atoms with Crippen LogP contribution in [0.3, 0.4) is 0 Å². The number of fused-ring (bicyclic) bond motifs is 1. The van der Waals surface area contributed by atoms with E-state index >= 15 is 0 Å². The zero-order valence-corrected chi connectivity index (χ0v) is 17.1. The fourth-order valence-corrected chi connectivity index (χ4v) is 2.79. The minimum Gasteiger partial charge on any atom is -0.356 e. The van der Waals surface area contributed by atoms with E-state index in [1.165, 1.54) is 11.1 Å². The van der Waals surface area contributed by atoms with Gasteiger partial charge in [-0.15, -0.1) is 24.0 Å². The van der Waals surface area contributed by atoms with E-state index in [0.29, 0.717) is 12.0 Å². The van der Waals surface area contributed by atoms with Gasteiger partial charge in [0.2, 0.25) is 0 Å². The van der Waals surface area contributed by atoms with Crippen LogP contribution < -0.4 is 10.6 Å². The van der Waals surface area contributed by atoms with Gasteiger partial charge in [-0.25, -0.2) is 0 Å². The lowest BCUT2D eigenvalue weighted by Crippen LogP contribution is -2.47. The monoisotopic (exact) mass is 430 g/mol. The van der Waals surface area contributed by atoms with E-state index in [0.717, 1.165) is 38.6 Å². The third kappa shape index (κ3) is 6.30. The van der Waals surface area contributed by atoms with Crippen LogP contribution in [0.25, 0.3) is 0 Å². The van der Waals surface area contributed by atoms with Crippen LogP contribution in [0.1, 0.15) is 31.9 Å². The molecule has 4 nitrogen and oxygen atoms in total. The molecular formula is C18H31IN4. The first kappa shape index (κ1) is 20.2. The summed E-state index contributed by atoms with van der Waals surface area (Å²) >= 11 is 0. The Balaban J connectivity index is 0.00000264. The van der Waals surface area contributed by atoms with Crippen LogP contribution in [0.4, 0.5) is 0 Å². The molecule has 0 saturated heterocycles. The summed E-state index contributed by atoms with van der Waals surface area (Å²) < 4.78 is 0. The highest BCUT2D eigenvalue weighted by molar-refractivity contribution is 14.0. The molecule has 0 radical (unpaired) electrons. The van der Waals surface area contributed by atoms with Crippen molar-refractivity contribution in [1.82, 2.24) is 15.5 Å². The molecule has 2 N–H and O–H groups in total. The SMILES string of the molecule is CN=C(NCC(C)C)NCC(C)N1CCc2ccccc2C1.I. The number of aliphatic imine (C=N–C) groups is 1. The topological polar surface area (TPSA) is 39.7 Å². The summed E-state index contributed by atoms with van der Waals surface area (Å²) in [5.74, 6) is 1.52. The van der Waals surface area contributed by atoms with Crippen molar-refractivity contribution in [3.63, 3.8) is 0 Å². The first-order valence-electron chi connectivity index (χ1n) is 8.35. The van der Waals surface area contributed by atoms with Crippen molar-refractivity contribution >= 4 is 29.9 Å². The summed E-state index contributed by atoms with van der Waals surface area (Å²) in [5.41, 5.74) is 2.98. The first-order chi connectivity index (χ1) is 10.6. The Morgan fingerprint density at radius 3 is 2.43 bits per heavy atom. The van der Waals surface area contributed by atoms with Crippen molar-refractivity contribution in [1.29, 1.82) is 0 Å². The van der Waals surface area contributed by atoms with Crippen LogP contribution in [-0.4, -0.2) is 43.6 Å². The Morgan fingerprint density at radius 1 is 1.13 bits per heavy atom. The molecule has 0 fully saturated rings. The van der Waals surface area contributed by atoms with Gasteiger partial charge in [0, 0.05) is 39.3 Å². The van der Waals surface area contributed by atoms with E-state index in [1.54, 1.807) is 0 Å². The molecule has 0 amide bonds. The zero-order valence-electron chi connectivity index (χ0n) is 14.8. The van der Waals surface area contributed by atoms with Crippen molar-refractivity contribution < 1.29 is 0 Å². The number of rotatable bonds is 5. The van der Waals surface area contributed by atoms with Gasteiger partial charge in [0.1, 0.15) is 0 Å². The lowest BCUT2D eigenvalue weighted by Gasteiger charge is -2.34. The van der Waals surface area contributed by atoms with Crippen LogP contribution in [-0.2, 0) is 13.0 Å². The van der Waals surface area contributed by atoms with E-state index in [1.807, 2.05) is 7.05 Å². The molecule has 0 aliphatic carbocycles. The average Bonchev–Trinajstić information content (AvgIpc) is 2.54. The second-order valence-corrected chi connectivity index (χ2v) is 6.57. The molecule has 1 aliphatic rings. The summed E-state index contributed by atoms with van der Waals surface area (Å²) in [5, 5.41) is 6.81. The molecule has 0 bridgehead atoms. The van der Waals surface area contributed by atoms with Crippen LogP contribution in [0.15, 0.2) is 29.3 Å². The fourth-order valence-electron chi connectivity index (χ4n) is 2.79. The van der Waals surface area contributed by atoms with Gasteiger partial charge in [-0.2, -0.15) is 0 Å². The number of benzene rings is 1. The second kappa shape index (κ2) is 10.1. The maximum Gasteiger partial charge on any atom is 0.191 e. The normalized spacial score (nSPS) is 16.5. The molecule has 0 spiro atoms. The van der Waals surface area contributed by atoms with Crippen molar-refractivity contribution in [3.05, 3.63) is 35.4 Å². The predicted octanol–water partition coefficient (Wildman–Crippen LogP) is 2.87. The van der Waals surface area contributed by atoms with Gasteiger partial charge in [0.15, 0.2) is 5.96 Å². The van der Waals surface area contributed by atoms with Crippen LogP contribution >= 0.6 is 24.0 Å². The first-order valence-corrected chi connectivity index (χ1v) is 8.35. The molecule has 2 rings (SSSR count). The number of halogens is 1. The maximum absolute atomic E-state index is 4.29. The summed E-state index contributed by atoms with van der Waals surface area (Å²) in [6.07, 6.45) is 1.15. The third-order valence-corrected chi connectivity index (χ3v) is 4.25. The molecule has 1 atom stereocenters. The number of hydrogen-bond acceptors (Lipinski definition) is 2. The molecule has 1 aliphatic heterocycles. The standard InChI is InChI=1S/C18H30N4.HI/c1-14(2)11-20-18(19-4)21-12-15(3)22-10-9-16-7-5-6-8-17(16)13-22;/h5-8,14-15H,9-13H2,1-4H3,(H2,19,20,21);1H. The molecule has 1 heterocycles. The minimum atomic E-state index is 0. The van der Waals surface area contributed by atoms with Gasteiger partial charge in [-0.3, -0.25) is 9.89 Å². The molecule has 0 saturated carbocycles. The lowest BCUT2D eigenvalue weighted by molar-refractivity contribution is 0.191. The van der Waals surface area contributed by atoms with Gasteiger partial charge in [0.25, 0.3) is 0 Å². The van der Waals surface area contributed by atoms with Gasteiger partial charge < -0.3 is 10.6 Å². The molecule has 130 valence electrons. The maximum atomic E-state index is 4.29. The Hall–Kier alpha value is -0.820. The third-order valence-electron chi connectivity index (χ3n) is 4.25. The van der Waals surface area contributed by atoms with E-state index in [9.17, 15) is 0 Å². The van der Waals surface area contributed by atoms with E-state index < -0.39 is 0 Å². The summed E-state index contributed by atoms with van der Waals surface area (Å²) in [6, 6.07) is 9.29.